The summed E-state index contributed by atoms with van der Waals surface area (Å²) in [5.74, 6) is 0. The summed E-state index contributed by atoms with van der Waals surface area (Å²) in [5, 5.41) is 8.65. The van der Waals surface area contributed by atoms with Gasteiger partial charge < -0.3 is 5.11 Å². The van der Waals surface area contributed by atoms with Crippen LogP contribution < -0.4 is 5.46 Å². The minimum absolute atomic E-state index is 0.278. The standard InChI is InChI=1S/C10H14BO/c1-11-10-6-2-4-9(8-10)5-3-7-12/h2,4,6,8,12H,3,5,7H2,1H3. The normalized spacial score (nSPS) is 9.83. The van der Waals surface area contributed by atoms with E-state index in [-0.39, 0.29) is 6.61 Å². The quantitative estimate of drug-likeness (QED) is 0.652. The Labute approximate surface area is 74.7 Å². The summed E-state index contributed by atoms with van der Waals surface area (Å²) >= 11 is 0. The summed E-state index contributed by atoms with van der Waals surface area (Å²) in [5.41, 5.74) is 2.56. The molecular weight excluding hydrogens is 147 g/mol. The highest BCUT2D eigenvalue weighted by Crippen LogP contribution is 2.00. The summed E-state index contributed by atoms with van der Waals surface area (Å²) in [4.78, 5) is 0. The predicted molar refractivity (Wildman–Crippen MR) is 53.1 cm³/mol. The van der Waals surface area contributed by atoms with E-state index >= 15 is 0 Å². The molecule has 2 heteroatoms. The van der Waals surface area contributed by atoms with E-state index in [0.29, 0.717) is 0 Å². The summed E-state index contributed by atoms with van der Waals surface area (Å²) in [6.07, 6.45) is 1.82. The van der Waals surface area contributed by atoms with Crippen molar-refractivity contribution in [2.45, 2.75) is 19.7 Å². The molecule has 0 spiro atoms. The molecule has 1 rings (SSSR count). The van der Waals surface area contributed by atoms with E-state index in [1.807, 2.05) is 6.82 Å². The Kier molecular flexibility index (Phi) is 3.88. The van der Waals surface area contributed by atoms with E-state index in [1.165, 1.54) is 11.0 Å². The molecule has 12 heavy (non-hydrogen) atoms. The van der Waals surface area contributed by atoms with Crippen molar-refractivity contribution in [2.24, 2.45) is 0 Å². The zero-order chi connectivity index (χ0) is 8.81. The lowest BCUT2D eigenvalue weighted by atomic mass is 9.73. The van der Waals surface area contributed by atoms with Crippen LogP contribution in [0.2, 0.25) is 6.82 Å². The molecule has 0 heterocycles. The Balaban J connectivity index is 2.60. The fraction of sp³-hybridized carbons (Fsp3) is 0.400. The van der Waals surface area contributed by atoms with Crippen LogP contribution in [-0.4, -0.2) is 19.0 Å². The molecule has 0 saturated heterocycles. The molecule has 0 saturated carbocycles. The Morgan fingerprint density at radius 1 is 1.42 bits per heavy atom. The predicted octanol–water partition coefficient (Wildman–Crippen LogP) is 0.989. The van der Waals surface area contributed by atoms with Gasteiger partial charge in [0.05, 0.1) is 0 Å². The van der Waals surface area contributed by atoms with Gasteiger partial charge in [0.2, 0.25) is 0 Å². The largest absolute Gasteiger partial charge is 0.396 e. The van der Waals surface area contributed by atoms with Crippen LogP contribution in [0.1, 0.15) is 12.0 Å². The van der Waals surface area contributed by atoms with Gasteiger partial charge in [-0.15, -0.1) is 0 Å². The molecule has 0 amide bonds. The van der Waals surface area contributed by atoms with Gasteiger partial charge in [-0.2, -0.15) is 0 Å². The van der Waals surface area contributed by atoms with Gasteiger partial charge in [0.25, 0.3) is 0 Å². The molecule has 0 aliphatic rings. The van der Waals surface area contributed by atoms with Crippen LogP contribution in [0, 0.1) is 0 Å². The highest BCUT2D eigenvalue weighted by Gasteiger charge is 1.94. The molecule has 1 aromatic rings. The Bertz CT molecular complexity index is 235. The molecule has 1 nitrogen and oxygen atoms in total. The van der Waals surface area contributed by atoms with Crippen LogP contribution in [0.3, 0.4) is 0 Å². The molecule has 0 aromatic heterocycles. The first kappa shape index (κ1) is 9.33. The molecule has 63 valence electrons. The monoisotopic (exact) mass is 161 g/mol. The molecule has 1 aromatic carbocycles. The number of benzene rings is 1. The van der Waals surface area contributed by atoms with Crippen LogP contribution in [-0.2, 0) is 6.42 Å². The van der Waals surface area contributed by atoms with Gasteiger partial charge >= 0.3 is 0 Å². The lowest BCUT2D eigenvalue weighted by Gasteiger charge is -2.01. The summed E-state index contributed by atoms with van der Waals surface area (Å²) in [7, 11) is 2.09. The topological polar surface area (TPSA) is 20.2 Å². The first-order chi connectivity index (χ1) is 5.86. The van der Waals surface area contributed by atoms with Gasteiger partial charge in [-0.3, -0.25) is 0 Å². The van der Waals surface area contributed by atoms with Crippen molar-refractivity contribution in [2.75, 3.05) is 6.61 Å². The van der Waals surface area contributed by atoms with E-state index in [2.05, 4.69) is 31.5 Å². The van der Waals surface area contributed by atoms with E-state index in [9.17, 15) is 0 Å². The molecule has 0 atom stereocenters. The van der Waals surface area contributed by atoms with Gasteiger partial charge in [-0.25, -0.2) is 0 Å². The lowest BCUT2D eigenvalue weighted by Crippen LogP contribution is -2.10. The van der Waals surface area contributed by atoms with Crippen molar-refractivity contribution >= 4 is 12.7 Å². The first-order valence-electron chi connectivity index (χ1n) is 4.36. The highest BCUT2D eigenvalue weighted by molar-refractivity contribution is 6.51. The third-order valence-corrected chi connectivity index (χ3v) is 1.91. The van der Waals surface area contributed by atoms with Crippen LogP contribution in [0.5, 0.6) is 0 Å². The van der Waals surface area contributed by atoms with Crippen molar-refractivity contribution in [3.63, 3.8) is 0 Å². The molecule has 0 unspecified atom stereocenters. The molecule has 1 N–H and O–H groups in total. The molecule has 0 aliphatic heterocycles. The number of hydrogen-bond acceptors (Lipinski definition) is 1. The smallest absolute Gasteiger partial charge is 0.148 e. The molecular formula is C10H14BO. The van der Waals surface area contributed by atoms with Crippen LogP contribution >= 0.6 is 0 Å². The minimum atomic E-state index is 0.278. The maximum absolute atomic E-state index is 8.65. The van der Waals surface area contributed by atoms with Crippen molar-refractivity contribution in [3.8, 4) is 0 Å². The van der Waals surface area contributed by atoms with Crippen molar-refractivity contribution in [1.82, 2.24) is 0 Å². The second-order valence-corrected chi connectivity index (χ2v) is 2.86. The summed E-state index contributed by atoms with van der Waals surface area (Å²) in [6, 6.07) is 8.41. The maximum Gasteiger partial charge on any atom is 0.148 e. The average molecular weight is 161 g/mol. The fourth-order valence-corrected chi connectivity index (χ4v) is 1.21. The second-order valence-electron chi connectivity index (χ2n) is 2.86. The van der Waals surface area contributed by atoms with Gasteiger partial charge in [0, 0.05) is 6.61 Å². The van der Waals surface area contributed by atoms with Crippen LogP contribution in [0.4, 0.5) is 0 Å². The Morgan fingerprint density at radius 2 is 2.25 bits per heavy atom. The average Bonchev–Trinajstić information content (AvgIpc) is 2.15. The number of aliphatic hydroxyl groups excluding tert-OH is 1. The Morgan fingerprint density at radius 3 is 2.92 bits per heavy atom. The fourth-order valence-electron chi connectivity index (χ4n) is 1.21. The number of aryl methyl sites for hydroxylation is 1. The van der Waals surface area contributed by atoms with Gasteiger partial charge in [-0.05, 0) is 18.4 Å². The van der Waals surface area contributed by atoms with Gasteiger partial charge in [-0.1, -0.05) is 36.6 Å². The zero-order valence-electron chi connectivity index (χ0n) is 7.46. The molecule has 0 aliphatic carbocycles. The molecule has 0 bridgehead atoms. The first-order valence-corrected chi connectivity index (χ1v) is 4.36. The lowest BCUT2D eigenvalue weighted by molar-refractivity contribution is 0.288. The summed E-state index contributed by atoms with van der Waals surface area (Å²) in [6.45, 7) is 2.31. The van der Waals surface area contributed by atoms with E-state index in [1.54, 1.807) is 0 Å². The van der Waals surface area contributed by atoms with E-state index < -0.39 is 0 Å². The Hall–Kier alpha value is -0.755. The number of rotatable bonds is 4. The highest BCUT2D eigenvalue weighted by atomic mass is 16.2. The van der Waals surface area contributed by atoms with E-state index in [0.717, 1.165) is 12.8 Å². The number of aliphatic hydroxyl groups is 1. The molecule has 1 radical (unpaired) electrons. The van der Waals surface area contributed by atoms with E-state index in [4.69, 9.17) is 5.11 Å². The van der Waals surface area contributed by atoms with Gasteiger partial charge in [0.1, 0.15) is 7.28 Å². The van der Waals surface area contributed by atoms with Crippen molar-refractivity contribution < 1.29 is 5.11 Å². The van der Waals surface area contributed by atoms with Crippen molar-refractivity contribution in [3.05, 3.63) is 29.8 Å². The van der Waals surface area contributed by atoms with Crippen LogP contribution in [0.15, 0.2) is 24.3 Å². The second kappa shape index (κ2) is 4.99. The SMILES string of the molecule is C[B]c1cccc(CCCO)c1. The van der Waals surface area contributed by atoms with Crippen molar-refractivity contribution in [1.29, 1.82) is 0 Å². The third kappa shape index (κ3) is 2.70. The zero-order valence-corrected chi connectivity index (χ0v) is 7.46. The summed E-state index contributed by atoms with van der Waals surface area (Å²) < 4.78 is 0. The van der Waals surface area contributed by atoms with Crippen LogP contribution in [0.25, 0.3) is 0 Å². The minimum Gasteiger partial charge on any atom is -0.396 e. The van der Waals surface area contributed by atoms with Gasteiger partial charge in [0.15, 0.2) is 0 Å². The maximum atomic E-state index is 8.65. The molecule has 0 fully saturated rings. The number of hydrogen-bond donors (Lipinski definition) is 1. The third-order valence-electron chi connectivity index (χ3n) is 1.91.